The summed E-state index contributed by atoms with van der Waals surface area (Å²) in [5.41, 5.74) is 0.779. The van der Waals surface area contributed by atoms with Crippen molar-refractivity contribution >= 4 is 5.78 Å². The number of benzene rings is 1. The van der Waals surface area contributed by atoms with E-state index in [0.717, 1.165) is 30.2 Å². The minimum absolute atomic E-state index is 0.157. The number of carbonyl (C=O) groups excluding carboxylic acids is 1. The molecule has 0 saturated carbocycles. The Morgan fingerprint density at radius 3 is 2.65 bits per heavy atom. The van der Waals surface area contributed by atoms with Gasteiger partial charge in [-0.05, 0) is 63.4 Å². The molecule has 1 aliphatic rings. The summed E-state index contributed by atoms with van der Waals surface area (Å²) in [5.74, 6) is 1.75. The average molecular weight is 275 g/mol. The molecule has 1 aliphatic heterocycles. The number of rotatable bonds is 5. The van der Waals surface area contributed by atoms with E-state index in [-0.39, 0.29) is 11.9 Å². The topological polar surface area (TPSA) is 38.3 Å². The summed E-state index contributed by atoms with van der Waals surface area (Å²) in [4.78, 5) is 12.3. The fourth-order valence-electron chi connectivity index (χ4n) is 2.71. The number of piperidine rings is 1. The highest BCUT2D eigenvalue weighted by Gasteiger charge is 2.21. The summed E-state index contributed by atoms with van der Waals surface area (Å²) in [6.45, 7) is 7.28. The van der Waals surface area contributed by atoms with Crippen molar-refractivity contribution in [3.63, 3.8) is 0 Å². The largest absolute Gasteiger partial charge is 0.491 e. The molecular formula is C17H25NO2. The Labute approximate surface area is 121 Å². The fourth-order valence-corrected chi connectivity index (χ4v) is 2.71. The van der Waals surface area contributed by atoms with Gasteiger partial charge in [0, 0.05) is 18.0 Å². The molecule has 2 unspecified atom stereocenters. The third-order valence-corrected chi connectivity index (χ3v) is 3.74. The van der Waals surface area contributed by atoms with Crippen LogP contribution in [0.15, 0.2) is 24.3 Å². The van der Waals surface area contributed by atoms with E-state index in [9.17, 15) is 4.79 Å². The molecule has 1 N–H and O–H groups in total. The molecule has 1 aromatic carbocycles. The SMILES string of the molecule is CC1CCNC(CC(=O)c2ccc(OC(C)C)cc2)C1. The minimum atomic E-state index is 0.157. The van der Waals surface area contributed by atoms with Crippen LogP contribution in [0.5, 0.6) is 5.75 Å². The highest BCUT2D eigenvalue weighted by molar-refractivity contribution is 5.96. The van der Waals surface area contributed by atoms with Gasteiger partial charge >= 0.3 is 0 Å². The predicted molar refractivity (Wildman–Crippen MR) is 81.3 cm³/mol. The maximum absolute atomic E-state index is 12.3. The van der Waals surface area contributed by atoms with Gasteiger partial charge in [0.15, 0.2) is 5.78 Å². The van der Waals surface area contributed by atoms with Gasteiger partial charge in [-0.1, -0.05) is 6.92 Å². The Kier molecular flexibility index (Phi) is 5.18. The number of hydrogen-bond acceptors (Lipinski definition) is 3. The molecule has 20 heavy (non-hydrogen) atoms. The molecule has 0 spiro atoms. The molecule has 1 heterocycles. The smallest absolute Gasteiger partial charge is 0.164 e. The van der Waals surface area contributed by atoms with Gasteiger partial charge in [-0.2, -0.15) is 0 Å². The van der Waals surface area contributed by atoms with Crippen LogP contribution in [-0.2, 0) is 0 Å². The minimum Gasteiger partial charge on any atom is -0.491 e. The van der Waals surface area contributed by atoms with Crippen molar-refractivity contribution in [2.75, 3.05) is 6.54 Å². The number of ketones is 1. The van der Waals surface area contributed by atoms with Crippen molar-refractivity contribution in [3.8, 4) is 5.75 Å². The Bertz CT molecular complexity index is 439. The number of ether oxygens (including phenoxy) is 1. The van der Waals surface area contributed by atoms with Crippen molar-refractivity contribution in [2.24, 2.45) is 5.92 Å². The summed E-state index contributed by atoms with van der Waals surface area (Å²) in [6, 6.07) is 7.82. The Hall–Kier alpha value is -1.35. The predicted octanol–water partition coefficient (Wildman–Crippen LogP) is 3.43. The molecule has 0 aliphatic carbocycles. The lowest BCUT2D eigenvalue weighted by atomic mass is 9.90. The lowest BCUT2D eigenvalue weighted by Crippen LogP contribution is -2.38. The van der Waals surface area contributed by atoms with Gasteiger partial charge in [-0.3, -0.25) is 4.79 Å². The molecule has 1 fully saturated rings. The van der Waals surface area contributed by atoms with Crippen LogP contribution in [-0.4, -0.2) is 24.5 Å². The first-order valence-corrected chi connectivity index (χ1v) is 7.58. The first kappa shape index (κ1) is 15.0. The molecule has 1 saturated heterocycles. The van der Waals surface area contributed by atoms with Gasteiger partial charge in [-0.25, -0.2) is 0 Å². The van der Waals surface area contributed by atoms with Crippen molar-refractivity contribution in [1.29, 1.82) is 0 Å². The first-order chi connectivity index (χ1) is 9.54. The molecule has 2 atom stereocenters. The van der Waals surface area contributed by atoms with Crippen LogP contribution in [0.4, 0.5) is 0 Å². The zero-order valence-electron chi connectivity index (χ0n) is 12.7. The van der Waals surface area contributed by atoms with E-state index >= 15 is 0 Å². The Morgan fingerprint density at radius 1 is 1.35 bits per heavy atom. The second-order valence-corrected chi connectivity index (χ2v) is 6.10. The fraction of sp³-hybridized carbons (Fsp3) is 0.588. The molecular weight excluding hydrogens is 250 g/mol. The van der Waals surface area contributed by atoms with E-state index in [1.54, 1.807) is 0 Å². The number of nitrogens with one attached hydrogen (secondary N) is 1. The van der Waals surface area contributed by atoms with Crippen LogP contribution in [0.2, 0.25) is 0 Å². The lowest BCUT2D eigenvalue weighted by Gasteiger charge is -2.27. The number of carbonyl (C=O) groups is 1. The Morgan fingerprint density at radius 2 is 2.05 bits per heavy atom. The van der Waals surface area contributed by atoms with E-state index in [1.807, 2.05) is 38.1 Å². The van der Waals surface area contributed by atoms with Gasteiger partial charge in [0.2, 0.25) is 0 Å². The van der Waals surface area contributed by atoms with Crippen LogP contribution < -0.4 is 10.1 Å². The lowest BCUT2D eigenvalue weighted by molar-refractivity contribution is 0.0959. The normalized spacial score (nSPS) is 22.8. The second kappa shape index (κ2) is 6.89. The van der Waals surface area contributed by atoms with E-state index in [0.29, 0.717) is 12.5 Å². The zero-order chi connectivity index (χ0) is 14.5. The summed E-state index contributed by atoms with van der Waals surface area (Å²) in [5, 5.41) is 3.44. The third kappa shape index (κ3) is 4.34. The molecule has 110 valence electrons. The molecule has 0 radical (unpaired) electrons. The zero-order valence-corrected chi connectivity index (χ0v) is 12.7. The molecule has 0 aromatic heterocycles. The van der Waals surface area contributed by atoms with E-state index in [2.05, 4.69) is 12.2 Å². The summed E-state index contributed by atoms with van der Waals surface area (Å²) < 4.78 is 5.59. The van der Waals surface area contributed by atoms with Gasteiger partial charge in [-0.15, -0.1) is 0 Å². The van der Waals surface area contributed by atoms with E-state index in [4.69, 9.17) is 4.74 Å². The van der Waals surface area contributed by atoms with Crippen LogP contribution in [0, 0.1) is 5.92 Å². The molecule has 1 aromatic rings. The summed E-state index contributed by atoms with van der Waals surface area (Å²) >= 11 is 0. The summed E-state index contributed by atoms with van der Waals surface area (Å²) in [6.07, 6.45) is 3.06. The standard InChI is InChI=1S/C17H25NO2/c1-12(2)20-16-6-4-14(5-7-16)17(19)11-15-10-13(3)8-9-18-15/h4-7,12-13,15,18H,8-11H2,1-3H3. The Balaban J connectivity index is 1.91. The maximum atomic E-state index is 12.3. The van der Waals surface area contributed by atoms with Gasteiger partial charge < -0.3 is 10.1 Å². The number of Topliss-reactive ketones (excluding diaryl/α,β-unsaturated/α-hetero) is 1. The van der Waals surface area contributed by atoms with Crippen LogP contribution in [0.25, 0.3) is 0 Å². The van der Waals surface area contributed by atoms with Crippen molar-refractivity contribution in [2.45, 2.75) is 52.2 Å². The second-order valence-electron chi connectivity index (χ2n) is 6.10. The molecule has 3 nitrogen and oxygen atoms in total. The van der Waals surface area contributed by atoms with Crippen LogP contribution in [0.3, 0.4) is 0 Å². The monoisotopic (exact) mass is 275 g/mol. The average Bonchev–Trinajstić information content (AvgIpc) is 2.38. The molecule has 3 heteroatoms. The maximum Gasteiger partial charge on any atom is 0.164 e. The van der Waals surface area contributed by atoms with Gasteiger partial charge in [0.25, 0.3) is 0 Å². The molecule has 2 rings (SSSR count). The van der Waals surface area contributed by atoms with E-state index in [1.165, 1.54) is 6.42 Å². The van der Waals surface area contributed by atoms with Crippen molar-refractivity contribution < 1.29 is 9.53 Å². The van der Waals surface area contributed by atoms with Gasteiger partial charge in [0.05, 0.1) is 6.10 Å². The quantitative estimate of drug-likeness (QED) is 0.837. The highest BCUT2D eigenvalue weighted by atomic mass is 16.5. The molecule has 0 amide bonds. The van der Waals surface area contributed by atoms with Crippen molar-refractivity contribution in [3.05, 3.63) is 29.8 Å². The van der Waals surface area contributed by atoms with Crippen LogP contribution >= 0.6 is 0 Å². The van der Waals surface area contributed by atoms with E-state index < -0.39 is 0 Å². The first-order valence-electron chi connectivity index (χ1n) is 7.58. The van der Waals surface area contributed by atoms with Crippen LogP contribution in [0.1, 0.15) is 50.4 Å². The summed E-state index contributed by atoms with van der Waals surface area (Å²) in [7, 11) is 0. The number of hydrogen-bond donors (Lipinski definition) is 1. The molecule has 0 bridgehead atoms. The highest BCUT2D eigenvalue weighted by Crippen LogP contribution is 2.20. The van der Waals surface area contributed by atoms with Crippen molar-refractivity contribution in [1.82, 2.24) is 5.32 Å². The third-order valence-electron chi connectivity index (χ3n) is 3.74. The van der Waals surface area contributed by atoms with Gasteiger partial charge in [0.1, 0.15) is 5.75 Å².